The van der Waals surface area contributed by atoms with Crippen LogP contribution in [0.15, 0.2) is 0 Å². The van der Waals surface area contributed by atoms with E-state index in [2.05, 4.69) is 0 Å². The molecule has 0 aliphatic heterocycles. The second-order valence-corrected chi connectivity index (χ2v) is 0. The van der Waals surface area contributed by atoms with Gasteiger partial charge in [0.25, 0.3) is 0 Å². The molecule has 0 saturated heterocycles. The molecule has 1 radical (unpaired) electrons. The molecule has 0 aromatic rings. The molecular weight excluding hydrogens is 188 g/mol. The van der Waals surface area contributed by atoms with Gasteiger partial charge in [-0.1, -0.05) is 0 Å². The minimum atomic E-state index is 0. The number of rotatable bonds is 0. The van der Waals surface area contributed by atoms with Crippen molar-refractivity contribution in [3.8, 4) is 0 Å². The van der Waals surface area contributed by atoms with Gasteiger partial charge in [0.1, 0.15) is 0 Å². The summed E-state index contributed by atoms with van der Waals surface area (Å²) in [6.45, 7) is 0. The van der Waals surface area contributed by atoms with Crippen molar-refractivity contribution in [2.75, 3.05) is 0 Å². The van der Waals surface area contributed by atoms with E-state index in [-0.39, 0.29) is 50.4 Å². The first-order valence-corrected chi connectivity index (χ1v) is 0. The fourth-order valence-corrected chi connectivity index (χ4v) is 0. The average Bonchev–Trinajstić information content (AvgIpc) is 0. The van der Waals surface area contributed by atoms with Crippen LogP contribution in [0.5, 0.6) is 0 Å². The minimum Gasteiger partial charge on any atom is -3.00 e. The van der Waals surface area contributed by atoms with Gasteiger partial charge in [-0.2, -0.15) is 0 Å². The van der Waals surface area contributed by atoms with Crippen LogP contribution in [-0.4, -0.2) is 0 Å². The third kappa shape index (κ3) is 11.1. The van der Waals surface area contributed by atoms with Crippen LogP contribution < -0.4 is 0 Å². The van der Waals surface area contributed by atoms with Crippen molar-refractivity contribution in [3.05, 3.63) is 12.3 Å². The minimum absolute atomic E-state index is 0. The summed E-state index contributed by atoms with van der Waals surface area (Å²) in [6, 6.07) is 0. The molecule has 0 bridgehead atoms. The normalized spacial score (nSPS) is 0. The molecule has 0 aliphatic carbocycles. The molecule has 4 heavy (non-hydrogen) atoms. The van der Waals surface area contributed by atoms with Gasteiger partial charge >= 0.3 is 21.1 Å². The van der Waals surface area contributed by atoms with Gasteiger partial charge in [0, 0.05) is 17.1 Å². The molecule has 4 heteroatoms. The van der Waals surface area contributed by atoms with Gasteiger partial charge in [-0.15, -0.1) is 0 Å². The molecule has 0 aromatic carbocycles. The zero-order valence-electron chi connectivity index (χ0n) is 1.60. The summed E-state index contributed by atoms with van der Waals surface area (Å²) in [6.07, 6.45) is 0. The quantitative estimate of drug-likeness (QED) is 0.498. The van der Waals surface area contributed by atoms with E-state index in [9.17, 15) is 0 Å². The van der Waals surface area contributed by atoms with Crippen molar-refractivity contribution in [2.24, 2.45) is 0 Å². The Hall–Kier alpha value is 1.13. The Morgan fingerprint density at radius 2 is 0.750 bits per heavy atom. The molecule has 0 heterocycles. The predicted molar refractivity (Wildman–Crippen MR) is 6.72 cm³/mol. The van der Waals surface area contributed by atoms with E-state index in [0.717, 1.165) is 0 Å². The van der Waals surface area contributed by atoms with Crippen LogP contribution in [0.3, 0.4) is 0 Å². The maximum atomic E-state index is 0. The molecule has 0 amide bonds. The van der Waals surface area contributed by atoms with Crippen LogP contribution in [0.2, 0.25) is 0 Å². The molecule has 0 fully saturated rings. The van der Waals surface area contributed by atoms with E-state index in [1.807, 2.05) is 0 Å². The third-order valence-corrected chi connectivity index (χ3v) is 0. The van der Waals surface area contributed by atoms with Crippen LogP contribution in [0.1, 0.15) is 0 Å². The van der Waals surface area contributed by atoms with E-state index in [4.69, 9.17) is 0 Å². The predicted octanol–water partition coefficient (Wildman–Crippen LogP) is 0.572. The Bertz CT molecular complexity index is 6.00. The summed E-state index contributed by atoms with van der Waals surface area (Å²) < 4.78 is 0. The van der Waals surface area contributed by atoms with Crippen molar-refractivity contribution in [1.29, 1.82) is 0 Å². The Kier molecular flexibility index (Phi) is 545. The van der Waals surface area contributed by atoms with Crippen LogP contribution in [0.25, 0.3) is 12.3 Å². The van der Waals surface area contributed by atoms with Gasteiger partial charge in [0.2, 0.25) is 0 Å². The Morgan fingerprint density at radius 3 is 0.750 bits per heavy atom. The van der Waals surface area contributed by atoms with E-state index >= 15 is 0 Å². The first-order valence-electron chi connectivity index (χ1n) is 0. The Balaban J connectivity index is 0. The van der Waals surface area contributed by atoms with Gasteiger partial charge < -0.3 is 12.3 Å². The Labute approximate surface area is 50.6 Å². The first-order chi connectivity index (χ1) is 0. The molecule has 0 rings (SSSR count). The first kappa shape index (κ1) is 68.7. The fraction of sp³-hybridized carbons (Fsp3) is 0. The maximum absolute atomic E-state index is 0. The van der Waals surface area contributed by atoms with E-state index in [1.54, 1.807) is 0 Å². The summed E-state index contributed by atoms with van der Waals surface area (Å²) in [4.78, 5) is 0. The van der Waals surface area contributed by atoms with Gasteiger partial charge in [0.15, 0.2) is 0 Å². The molecule has 0 aromatic heterocycles. The molecule has 0 saturated carbocycles. The topological polar surface area (TPSA) is 61.0 Å². The maximum Gasteiger partial charge on any atom is 6.00 e. The van der Waals surface area contributed by atoms with Crippen molar-refractivity contribution in [3.63, 3.8) is 0 Å². The summed E-state index contributed by atoms with van der Waals surface area (Å²) >= 11 is 0. The van der Waals surface area contributed by atoms with Crippen molar-refractivity contribution in [2.45, 2.75) is 0 Å². The second-order valence-electron chi connectivity index (χ2n) is 0. The van der Waals surface area contributed by atoms with Crippen molar-refractivity contribution >= 4 is 0 Å². The average molecular weight is 188 g/mol. The third-order valence-electron chi connectivity index (χ3n) is 0. The molecule has 0 unspecified atom stereocenters. The van der Waals surface area contributed by atoms with Gasteiger partial charge in [0.05, 0.1) is 0 Å². The van der Waals surface area contributed by atoms with Crippen LogP contribution in [0, 0.1) is 0 Å². The fourth-order valence-electron chi connectivity index (χ4n) is 0. The SMILES string of the molecule is [Cu].[Mo+6].[N-3].[N-3]. The number of nitrogens with zero attached hydrogens (tertiary/aromatic N) is 2. The number of hydrogen-bond acceptors (Lipinski definition) is 0. The standard InChI is InChI=1S/Cu.Mo.2N/q;+6;2*-3. The molecule has 0 spiro atoms. The summed E-state index contributed by atoms with van der Waals surface area (Å²) in [7, 11) is 0. The van der Waals surface area contributed by atoms with Crippen LogP contribution in [-0.2, 0) is 38.1 Å². The van der Waals surface area contributed by atoms with E-state index in [1.165, 1.54) is 0 Å². The smallest absolute Gasteiger partial charge is 3.00 e. The molecule has 0 atom stereocenters. The molecule has 27 valence electrons. The summed E-state index contributed by atoms with van der Waals surface area (Å²) in [5.41, 5.74) is 0. The monoisotopic (exact) mass is 189 g/mol. The number of hydrogen-bond donors (Lipinski definition) is 0. The van der Waals surface area contributed by atoms with Gasteiger partial charge in [-0.05, 0) is 0 Å². The molecule has 2 nitrogen and oxygen atoms in total. The van der Waals surface area contributed by atoms with E-state index < -0.39 is 0 Å². The van der Waals surface area contributed by atoms with Crippen LogP contribution >= 0.6 is 0 Å². The molecule has 0 N–H and O–H groups in total. The largest absolute Gasteiger partial charge is 6.00 e. The second kappa shape index (κ2) is 31.7. The van der Waals surface area contributed by atoms with Gasteiger partial charge in [-0.25, -0.2) is 0 Å². The summed E-state index contributed by atoms with van der Waals surface area (Å²) in [5.74, 6) is 0. The van der Waals surface area contributed by atoms with Crippen LogP contribution in [0.4, 0.5) is 0 Å². The molecular formula is CuMoN2. The van der Waals surface area contributed by atoms with Gasteiger partial charge in [-0.3, -0.25) is 0 Å². The van der Waals surface area contributed by atoms with Crippen molar-refractivity contribution < 1.29 is 38.1 Å². The molecule has 0 aliphatic rings. The van der Waals surface area contributed by atoms with Crippen molar-refractivity contribution in [1.82, 2.24) is 0 Å². The Morgan fingerprint density at radius 1 is 0.750 bits per heavy atom. The zero-order valence-corrected chi connectivity index (χ0v) is 4.55. The summed E-state index contributed by atoms with van der Waals surface area (Å²) in [5, 5.41) is 0. The van der Waals surface area contributed by atoms with E-state index in [0.29, 0.717) is 0 Å². The zero-order chi connectivity index (χ0) is 0.